The number of likely N-dealkylation sites (tertiary alicyclic amines) is 1. The molecule has 0 bridgehead atoms. The van der Waals surface area contributed by atoms with Gasteiger partial charge >= 0.3 is 0 Å². The topological polar surface area (TPSA) is 23.6 Å². The second-order valence-electron chi connectivity index (χ2n) is 8.25. The molecule has 0 aromatic heterocycles. The molecular formula is C25H34N2O. The number of nitrogens with zero attached hydrogens (tertiary/aromatic N) is 2. The molecule has 0 saturated carbocycles. The summed E-state index contributed by atoms with van der Waals surface area (Å²) in [5.74, 6) is 0.277. The summed E-state index contributed by atoms with van der Waals surface area (Å²) < 4.78 is 0. The summed E-state index contributed by atoms with van der Waals surface area (Å²) in [5, 5.41) is 0. The molecule has 28 heavy (non-hydrogen) atoms. The van der Waals surface area contributed by atoms with E-state index in [1.807, 2.05) is 0 Å². The minimum atomic E-state index is 0.277. The van der Waals surface area contributed by atoms with Gasteiger partial charge in [0.1, 0.15) is 0 Å². The Morgan fingerprint density at radius 1 is 1.04 bits per heavy atom. The smallest absolute Gasteiger partial charge is 0.227 e. The van der Waals surface area contributed by atoms with Gasteiger partial charge in [0, 0.05) is 37.8 Å². The maximum absolute atomic E-state index is 13.1. The number of amides is 1. The standard InChI is InChI=1S/C25H34N2O/c1-5-9-24(28)27(25-20(3)16-19(2)17-21(25)4)23-12-14-26(15-13-23)18-22-10-7-6-8-11-22/h6-8,10-11,16-17,23H,5,9,12-15,18H2,1-4H3. The molecule has 1 fully saturated rings. The fourth-order valence-corrected chi connectivity index (χ4v) is 4.57. The van der Waals surface area contributed by atoms with Gasteiger partial charge < -0.3 is 4.90 Å². The van der Waals surface area contributed by atoms with Crippen LogP contribution >= 0.6 is 0 Å². The van der Waals surface area contributed by atoms with Gasteiger partial charge in [-0.3, -0.25) is 9.69 Å². The van der Waals surface area contributed by atoms with Crippen LogP contribution in [0.4, 0.5) is 5.69 Å². The highest BCUT2D eigenvalue weighted by atomic mass is 16.2. The van der Waals surface area contributed by atoms with Crippen LogP contribution in [0.2, 0.25) is 0 Å². The number of anilines is 1. The van der Waals surface area contributed by atoms with Gasteiger partial charge in [0.2, 0.25) is 5.91 Å². The van der Waals surface area contributed by atoms with Crippen LogP contribution in [0.3, 0.4) is 0 Å². The van der Waals surface area contributed by atoms with Crippen molar-refractivity contribution in [2.24, 2.45) is 0 Å². The van der Waals surface area contributed by atoms with Gasteiger partial charge in [0.05, 0.1) is 0 Å². The molecule has 1 heterocycles. The van der Waals surface area contributed by atoms with Crippen LogP contribution < -0.4 is 4.90 Å². The quantitative estimate of drug-likeness (QED) is 0.671. The lowest BCUT2D eigenvalue weighted by atomic mass is 9.97. The van der Waals surface area contributed by atoms with Crippen LogP contribution in [0.25, 0.3) is 0 Å². The van der Waals surface area contributed by atoms with E-state index in [1.54, 1.807) is 0 Å². The van der Waals surface area contributed by atoms with Crippen molar-refractivity contribution in [2.75, 3.05) is 18.0 Å². The van der Waals surface area contributed by atoms with Crippen LogP contribution in [0.15, 0.2) is 42.5 Å². The zero-order valence-electron chi connectivity index (χ0n) is 17.9. The maximum atomic E-state index is 13.1. The van der Waals surface area contributed by atoms with E-state index in [-0.39, 0.29) is 5.91 Å². The van der Waals surface area contributed by atoms with Crippen LogP contribution in [-0.2, 0) is 11.3 Å². The molecule has 1 aliphatic rings. The highest BCUT2D eigenvalue weighted by molar-refractivity contribution is 5.95. The first-order valence-corrected chi connectivity index (χ1v) is 10.7. The molecule has 3 nitrogen and oxygen atoms in total. The molecule has 3 rings (SSSR count). The summed E-state index contributed by atoms with van der Waals surface area (Å²) in [6, 6.07) is 15.4. The summed E-state index contributed by atoms with van der Waals surface area (Å²) in [6.07, 6.45) is 3.59. The Balaban J connectivity index is 1.77. The van der Waals surface area contributed by atoms with Crippen LogP contribution in [-0.4, -0.2) is 29.9 Å². The molecule has 0 radical (unpaired) electrons. The van der Waals surface area contributed by atoms with Crippen molar-refractivity contribution < 1.29 is 4.79 Å². The molecule has 0 aliphatic carbocycles. The predicted molar refractivity (Wildman–Crippen MR) is 118 cm³/mol. The van der Waals surface area contributed by atoms with Crippen molar-refractivity contribution in [3.05, 3.63) is 64.7 Å². The third-order valence-electron chi connectivity index (χ3n) is 5.78. The Bertz CT molecular complexity index is 768. The number of hydrogen-bond acceptors (Lipinski definition) is 2. The average molecular weight is 379 g/mol. The van der Waals surface area contributed by atoms with Gasteiger partial charge in [-0.25, -0.2) is 0 Å². The molecule has 0 unspecified atom stereocenters. The lowest BCUT2D eigenvalue weighted by Crippen LogP contribution is -2.48. The van der Waals surface area contributed by atoms with Gasteiger partial charge in [-0.2, -0.15) is 0 Å². The maximum Gasteiger partial charge on any atom is 0.227 e. The number of benzene rings is 2. The van der Waals surface area contributed by atoms with E-state index in [0.29, 0.717) is 12.5 Å². The minimum Gasteiger partial charge on any atom is -0.309 e. The van der Waals surface area contributed by atoms with Crippen molar-refractivity contribution in [3.8, 4) is 0 Å². The number of aryl methyl sites for hydroxylation is 3. The Labute approximate surface area is 170 Å². The lowest BCUT2D eigenvalue weighted by Gasteiger charge is -2.40. The van der Waals surface area contributed by atoms with Crippen molar-refractivity contribution in [1.82, 2.24) is 4.90 Å². The predicted octanol–water partition coefficient (Wildman–Crippen LogP) is 5.41. The Morgan fingerprint density at radius 2 is 1.64 bits per heavy atom. The highest BCUT2D eigenvalue weighted by Gasteiger charge is 2.30. The zero-order chi connectivity index (χ0) is 20.1. The normalized spacial score (nSPS) is 15.6. The second kappa shape index (κ2) is 9.38. The van der Waals surface area contributed by atoms with Gasteiger partial charge in [0.15, 0.2) is 0 Å². The van der Waals surface area contributed by atoms with Crippen molar-refractivity contribution in [2.45, 2.75) is 66.0 Å². The van der Waals surface area contributed by atoms with Gasteiger partial charge in [-0.05, 0) is 56.7 Å². The molecular weight excluding hydrogens is 344 g/mol. The first-order chi connectivity index (χ1) is 13.5. The molecule has 2 aromatic carbocycles. The van der Waals surface area contributed by atoms with E-state index >= 15 is 0 Å². The lowest BCUT2D eigenvalue weighted by molar-refractivity contribution is -0.119. The fraction of sp³-hybridized carbons (Fsp3) is 0.480. The molecule has 0 atom stereocenters. The summed E-state index contributed by atoms with van der Waals surface area (Å²) in [6.45, 7) is 11.6. The fourth-order valence-electron chi connectivity index (χ4n) is 4.57. The van der Waals surface area contributed by atoms with Crippen molar-refractivity contribution in [1.29, 1.82) is 0 Å². The molecule has 0 spiro atoms. The number of carbonyl (C=O) groups is 1. The number of piperidine rings is 1. The van der Waals surface area contributed by atoms with Gasteiger partial charge in [-0.1, -0.05) is 55.0 Å². The molecule has 3 heteroatoms. The molecule has 1 saturated heterocycles. The average Bonchev–Trinajstić information content (AvgIpc) is 2.66. The van der Waals surface area contributed by atoms with Crippen molar-refractivity contribution in [3.63, 3.8) is 0 Å². The SMILES string of the molecule is CCCC(=O)N(c1c(C)cc(C)cc1C)C1CCN(Cc2ccccc2)CC1. The Kier molecular flexibility index (Phi) is 6.90. The highest BCUT2D eigenvalue weighted by Crippen LogP contribution is 2.32. The molecule has 150 valence electrons. The Morgan fingerprint density at radius 3 is 2.21 bits per heavy atom. The zero-order valence-corrected chi connectivity index (χ0v) is 17.9. The van der Waals surface area contributed by atoms with Crippen molar-refractivity contribution >= 4 is 11.6 Å². The van der Waals surface area contributed by atoms with E-state index in [4.69, 9.17) is 0 Å². The number of hydrogen-bond donors (Lipinski definition) is 0. The Hall–Kier alpha value is -2.13. The number of carbonyl (C=O) groups excluding carboxylic acids is 1. The van der Waals surface area contributed by atoms with E-state index in [2.05, 4.69) is 80.0 Å². The summed E-state index contributed by atoms with van der Waals surface area (Å²) >= 11 is 0. The van der Waals surface area contributed by atoms with E-state index in [9.17, 15) is 4.79 Å². The van der Waals surface area contributed by atoms with Gasteiger partial charge in [0.25, 0.3) is 0 Å². The van der Waals surface area contributed by atoms with E-state index in [0.717, 1.165) is 44.6 Å². The minimum absolute atomic E-state index is 0.277. The van der Waals surface area contributed by atoms with Gasteiger partial charge in [-0.15, -0.1) is 0 Å². The van der Waals surface area contributed by atoms with Crippen LogP contribution in [0.1, 0.15) is 54.9 Å². The van der Waals surface area contributed by atoms with E-state index in [1.165, 1.54) is 22.3 Å². The van der Waals surface area contributed by atoms with Crippen LogP contribution in [0, 0.1) is 20.8 Å². The molecule has 1 aliphatic heterocycles. The molecule has 1 amide bonds. The summed E-state index contributed by atoms with van der Waals surface area (Å²) in [4.78, 5) is 17.8. The third-order valence-corrected chi connectivity index (χ3v) is 5.78. The summed E-state index contributed by atoms with van der Waals surface area (Å²) in [7, 11) is 0. The third kappa shape index (κ3) is 4.82. The number of rotatable bonds is 6. The first-order valence-electron chi connectivity index (χ1n) is 10.7. The van der Waals surface area contributed by atoms with E-state index < -0.39 is 0 Å². The monoisotopic (exact) mass is 378 g/mol. The second-order valence-corrected chi connectivity index (χ2v) is 8.25. The largest absolute Gasteiger partial charge is 0.309 e. The summed E-state index contributed by atoms with van der Waals surface area (Å²) in [5.41, 5.74) is 6.21. The molecule has 0 N–H and O–H groups in total. The van der Waals surface area contributed by atoms with Crippen LogP contribution in [0.5, 0.6) is 0 Å². The first kappa shape index (κ1) is 20.6. The molecule has 2 aromatic rings.